The molecule has 1 aromatic rings. The first kappa shape index (κ1) is 10.8. The van der Waals surface area contributed by atoms with Crippen LogP contribution in [-0.2, 0) is 0 Å². The number of aryl methyl sites for hydroxylation is 1. The number of hydrogen-bond acceptors (Lipinski definition) is 1. The molecule has 16 heavy (non-hydrogen) atoms. The van der Waals surface area contributed by atoms with Gasteiger partial charge < -0.3 is 5.41 Å². The van der Waals surface area contributed by atoms with E-state index >= 15 is 0 Å². The third-order valence-electron chi connectivity index (χ3n) is 2.98. The quantitative estimate of drug-likeness (QED) is 0.694. The van der Waals surface area contributed by atoms with Crippen molar-refractivity contribution in [3.63, 3.8) is 0 Å². The summed E-state index contributed by atoms with van der Waals surface area (Å²) < 4.78 is 2.20. The third-order valence-corrected chi connectivity index (χ3v) is 2.98. The monoisotopic (exact) mass is 213 g/mol. The van der Waals surface area contributed by atoms with Crippen molar-refractivity contribution >= 4 is 17.1 Å². The van der Waals surface area contributed by atoms with E-state index in [0.29, 0.717) is 0 Å². The molecule has 1 aliphatic rings. The van der Waals surface area contributed by atoms with Crippen molar-refractivity contribution < 1.29 is 4.58 Å². The molecule has 0 atom stereocenters. The van der Waals surface area contributed by atoms with Crippen LogP contribution in [0.4, 0.5) is 5.69 Å². The molecule has 0 amide bonds. The predicted molar refractivity (Wildman–Crippen MR) is 68.1 cm³/mol. The summed E-state index contributed by atoms with van der Waals surface area (Å²) in [5.41, 5.74) is 4.49. The van der Waals surface area contributed by atoms with Gasteiger partial charge in [-0.15, -0.1) is 0 Å². The summed E-state index contributed by atoms with van der Waals surface area (Å²) in [6.07, 6.45) is 5.75. The lowest BCUT2D eigenvalue weighted by Gasteiger charge is -2.07. The molecule has 0 radical (unpaired) electrons. The molecular formula is C14H17N2+. The molecule has 82 valence electrons. The van der Waals surface area contributed by atoms with Crippen LogP contribution < -0.4 is 0 Å². The van der Waals surface area contributed by atoms with E-state index in [0.717, 1.165) is 18.6 Å². The SMILES string of the molecule is Cc1ccc([N+](C)=C2C=CC(=N)CC2)cc1. The van der Waals surface area contributed by atoms with Crippen molar-refractivity contribution in [1.82, 2.24) is 0 Å². The van der Waals surface area contributed by atoms with Gasteiger partial charge >= 0.3 is 0 Å². The lowest BCUT2D eigenvalue weighted by molar-refractivity contribution is -0.405. The molecule has 0 spiro atoms. The van der Waals surface area contributed by atoms with Gasteiger partial charge in [0.05, 0.1) is 0 Å². The first-order valence-corrected chi connectivity index (χ1v) is 5.58. The zero-order valence-corrected chi connectivity index (χ0v) is 9.83. The second kappa shape index (κ2) is 4.44. The van der Waals surface area contributed by atoms with Gasteiger partial charge in [0.2, 0.25) is 5.69 Å². The Kier molecular flexibility index (Phi) is 3.00. The number of nitrogens with zero attached hydrogens (tertiary/aromatic N) is 1. The fourth-order valence-electron chi connectivity index (χ4n) is 1.84. The Labute approximate surface area is 96.4 Å². The molecule has 0 saturated heterocycles. The van der Waals surface area contributed by atoms with E-state index in [2.05, 4.69) is 42.8 Å². The molecule has 0 fully saturated rings. The van der Waals surface area contributed by atoms with E-state index < -0.39 is 0 Å². The standard InChI is InChI=1S/C14H17N2/c1-11-3-7-13(8-4-11)16(2)14-9-5-12(15)6-10-14/h3-5,7-9,15H,6,10H2,1-2H3/q+1. The molecule has 1 N–H and O–H groups in total. The molecule has 1 aromatic carbocycles. The Hall–Kier alpha value is -1.70. The fourth-order valence-corrected chi connectivity index (χ4v) is 1.84. The zero-order valence-electron chi connectivity index (χ0n) is 9.83. The van der Waals surface area contributed by atoms with Gasteiger partial charge in [0.15, 0.2) is 5.71 Å². The molecule has 0 bridgehead atoms. The molecule has 0 saturated carbocycles. The molecule has 0 aromatic heterocycles. The van der Waals surface area contributed by atoms with Crippen molar-refractivity contribution in [2.45, 2.75) is 19.8 Å². The summed E-state index contributed by atoms with van der Waals surface area (Å²) in [4.78, 5) is 0. The minimum Gasteiger partial charge on any atom is -0.305 e. The highest BCUT2D eigenvalue weighted by Gasteiger charge is 2.14. The summed E-state index contributed by atoms with van der Waals surface area (Å²) in [6, 6.07) is 8.52. The zero-order chi connectivity index (χ0) is 11.5. The van der Waals surface area contributed by atoms with E-state index in [9.17, 15) is 0 Å². The second-order valence-corrected chi connectivity index (χ2v) is 4.24. The van der Waals surface area contributed by atoms with Crippen molar-refractivity contribution in [1.29, 1.82) is 5.41 Å². The summed E-state index contributed by atoms with van der Waals surface area (Å²) in [6.45, 7) is 2.10. The van der Waals surface area contributed by atoms with E-state index in [-0.39, 0.29) is 0 Å². The Morgan fingerprint density at radius 3 is 2.31 bits per heavy atom. The lowest BCUT2D eigenvalue weighted by atomic mass is 10.0. The fraction of sp³-hybridized carbons (Fsp3) is 0.286. The van der Waals surface area contributed by atoms with Gasteiger partial charge in [0.1, 0.15) is 7.05 Å². The predicted octanol–water partition coefficient (Wildman–Crippen LogP) is 3.08. The van der Waals surface area contributed by atoms with Gasteiger partial charge in [-0.1, -0.05) is 17.7 Å². The van der Waals surface area contributed by atoms with Crippen LogP contribution in [0.3, 0.4) is 0 Å². The van der Waals surface area contributed by atoms with E-state index in [1.54, 1.807) is 0 Å². The van der Waals surface area contributed by atoms with E-state index in [4.69, 9.17) is 5.41 Å². The van der Waals surface area contributed by atoms with Gasteiger partial charge in [-0.2, -0.15) is 4.58 Å². The van der Waals surface area contributed by atoms with Crippen molar-refractivity contribution in [3.05, 3.63) is 42.0 Å². The summed E-state index contributed by atoms with van der Waals surface area (Å²) in [5.74, 6) is 0. The third kappa shape index (κ3) is 2.27. The van der Waals surface area contributed by atoms with E-state index in [1.807, 2.05) is 12.2 Å². The lowest BCUT2D eigenvalue weighted by Crippen LogP contribution is -2.15. The Bertz CT molecular complexity index is 464. The van der Waals surface area contributed by atoms with Crippen LogP contribution in [0.15, 0.2) is 36.4 Å². The Balaban J connectivity index is 2.33. The average Bonchev–Trinajstić information content (AvgIpc) is 2.30. The first-order chi connectivity index (χ1) is 7.66. The van der Waals surface area contributed by atoms with Crippen LogP contribution >= 0.6 is 0 Å². The molecule has 0 heterocycles. The number of allylic oxidation sites excluding steroid dienone is 2. The maximum atomic E-state index is 7.53. The number of hydrogen-bond donors (Lipinski definition) is 1. The number of rotatable bonds is 1. The molecular weight excluding hydrogens is 196 g/mol. The minimum absolute atomic E-state index is 0.723. The highest BCUT2D eigenvalue weighted by molar-refractivity contribution is 6.06. The highest BCUT2D eigenvalue weighted by atomic mass is 15.0. The molecule has 0 aliphatic heterocycles. The highest BCUT2D eigenvalue weighted by Crippen LogP contribution is 2.14. The van der Waals surface area contributed by atoms with Crippen LogP contribution in [0.2, 0.25) is 0 Å². The maximum absolute atomic E-state index is 7.53. The smallest absolute Gasteiger partial charge is 0.205 e. The number of benzene rings is 1. The van der Waals surface area contributed by atoms with Crippen LogP contribution in [0.1, 0.15) is 18.4 Å². The van der Waals surface area contributed by atoms with Gasteiger partial charge in [-0.05, 0) is 19.4 Å². The Morgan fingerprint density at radius 1 is 1.06 bits per heavy atom. The average molecular weight is 213 g/mol. The minimum atomic E-state index is 0.723. The van der Waals surface area contributed by atoms with E-state index in [1.165, 1.54) is 17.0 Å². The molecule has 1 aliphatic carbocycles. The summed E-state index contributed by atoms with van der Waals surface area (Å²) >= 11 is 0. The van der Waals surface area contributed by atoms with Crippen LogP contribution in [-0.4, -0.2) is 23.0 Å². The normalized spacial score (nSPS) is 18.8. The summed E-state index contributed by atoms with van der Waals surface area (Å²) in [7, 11) is 2.08. The van der Waals surface area contributed by atoms with Crippen LogP contribution in [0, 0.1) is 12.3 Å². The van der Waals surface area contributed by atoms with Crippen molar-refractivity contribution in [3.8, 4) is 0 Å². The largest absolute Gasteiger partial charge is 0.305 e. The maximum Gasteiger partial charge on any atom is 0.205 e. The second-order valence-electron chi connectivity index (χ2n) is 4.24. The van der Waals surface area contributed by atoms with Crippen molar-refractivity contribution in [2.75, 3.05) is 7.05 Å². The molecule has 2 rings (SSSR count). The Morgan fingerprint density at radius 2 is 1.75 bits per heavy atom. The first-order valence-electron chi connectivity index (χ1n) is 5.58. The van der Waals surface area contributed by atoms with Gasteiger partial charge in [-0.25, -0.2) is 0 Å². The number of nitrogens with one attached hydrogen (secondary N) is 1. The summed E-state index contributed by atoms with van der Waals surface area (Å²) in [5, 5.41) is 7.53. The topological polar surface area (TPSA) is 26.9 Å². The van der Waals surface area contributed by atoms with Crippen LogP contribution in [0.25, 0.3) is 0 Å². The molecule has 0 unspecified atom stereocenters. The molecule has 2 heteroatoms. The molecule has 2 nitrogen and oxygen atoms in total. The van der Waals surface area contributed by atoms with Gasteiger partial charge in [-0.3, -0.25) is 0 Å². The van der Waals surface area contributed by atoms with Gasteiger partial charge in [0.25, 0.3) is 0 Å². The van der Waals surface area contributed by atoms with Crippen LogP contribution in [0.5, 0.6) is 0 Å². The van der Waals surface area contributed by atoms with Gasteiger partial charge in [0, 0.05) is 30.3 Å². The van der Waals surface area contributed by atoms with Crippen molar-refractivity contribution in [2.24, 2.45) is 0 Å².